The number of hydrogen-bond donors (Lipinski definition) is 1. The van der Waals surface area contributed by atoms with Gasteiger partial charge in [0.2, 0.25) is 0 Å². The predicted octanol–water partition coefficient (Wildman–Crippen LogP) is 4.71. The Morgan fingerprint density at radius 1 is 0.821 bits per heavy atom. The highest BCUT2D eigenvalue weighted by Gasteiger charge is 2.18. The highest BCUT2D eigenvalue weighted by atomic mass is 16.5. The van der Waals surface area contributed by atoms with E-state index in [4.69, 9.17) is 20.3 Å². The van der Waals surface area contributed by atoms with Gasteiger partial charge in [-0.25, -0.2) is 4.68 Å². The van der Waals surface area contributed by atoms with E-state index in [0.29, 0.717) is 12.4 Å². The molecule has 0 fully saturated rings. The summed E-state index contributed by atoms with van der Waals surface area (Å²) in [6.07, 6.45) is 0. The van der Waals surface area contributed by atoms with E-state index < -0.39 is 0 Å². The first-order valence-electron chi connectivity index (χ1n) is 9.01. The van der Waals surface area contributed by atoms with Gasteiger partial charge in [0.15, 0.2) is 0 Å². The van der Waals surface area contributed by atoms with E-state index in [1.54, 1.807) is 11.8 Å². The molecule has 2 N–H and O–H groups in total. The summed E-state index contributed by atoms with van der Waals surface area (Å²) in [5, 5.41) is 4.75. The van der Waals surface area contributed by atoms with Crippen LogP contribution in [0.5, 0.6) is 11.5 Å². The molecule has 0 spiro atoms. The molecule has 5 nitrogen and oxygen atoms in total. The maximum absolute atomic E-state index is 6.50. The third-order valence-electron chi connectivity index (χ3n) is 4.49. The van der Waals surface area contributed by atoms with Crippen LogP contribution in [0, 0.1) is 0 Å². The van der Waals surface area contributed by atoms with E-state index in [9.17, 15) is 0 Å². The maximum Gasteiger partial charge on any atom is 0.135 e. The molecule has 28 heavy (non-hydrogen) atoms. The summed E-state index contributed by atoms with van der Waals surface area (Å²) >= 11 is 0. The Hall–Kier alpha value is -3.73. The molecule has 5 heteroatoms. The molecule has 0 aliphatic rings. The van der Waals surface area contributed by atoms with Crippen molar-refractivity contribution in [3.8, 4) is 28.3 Å². The Bertz CT molecular complexity index is 1040. The van der Waals surface area contributed by atoms with Crippen LogP contribution < -0.4 is 15.2 Å². The highest BCUT2D eigenvalue weighted by Crippen LogP contribution is 2.32. The SMILES string of the molecule is COc1ccc(OCc2nn(-c3ccccc3)c(N)c2-c2ccccc2)cc1. The van der Waals surface area contributed by atoms with Crippen LogP contribution in [0.4, 0.5) is 5.82 Å². The second kappa shape index (κ2) is 7.88. The average Bonchev–Trinajstić information content (AvgIpc) is 3.10. The predicted molar refractivity (Wildman–Crippen MR) is 111 cm³/mol. The van der Waals surface area contributed by atoms with Crippen molar-refractivity contribution in [1.82, 2.24) is 9.78 Å². The highest BCUT2D eigenvalue weighted by molar-refractivity contribution is 5.77. The zero-order valence-corrected chi connectivity index (χ0v) is 15.6. The number of methoxy groups -OCH3 is 1. The fourth-order valence-corrected chi connectivity index (χ4v) is 3.09. The van der Waals surface area contributed by atoms with Crippen molar-refractivity contribution in [3.63, 3.8) is 0 Å². The molecule has 4 rings (SSSR count). The number of rotatable bonds is 6. The molecule has 0 saturated carbocycles. The number of nitrogens with two attached hydrogens (primary N) is 1. The first-order valence-corrected chi connectivity index (χ1v) is 9.01. The smallest absolute Gasteiger partial charge is 0.135 e. The lowest BCUT2D eigenvalue weighted by molar-refractivity contribution is 0.300. The first-order chi connectivity index (χ1) is 13.8. The molecule has 3 aromatic carbocycles. The van der Waals surface area contributed by atoms with Crippen LogP contribution in [0.2, 0.25) is 0 Å². The van der Waals surface area contributed by atoms with Crippen LogP contribution in [-0.4, -0.2) is 16.9 Å². The Morgan fingerprint density at radius 2 is 1.43 bits per heavy atom. The molecule has 0 radical (unpaired) electrons. The normalized spacial score (nSPS) is 10.6. The van der Waals surface area contributed by atoms with E-state index in [1.165, 1.54) is 0 Å². The minimum atomic E-state index is 0.306. The fraction of sp³-hybridized carbons (Fsp3) is 0.0870. The molecule has 0 atom stereocenters. The quantitative estimate of drug-likeness (QED) is 0.533. The van der Waals surface area contributed by atoms with Gasteiger partial charge < -0.3 is 15.2 Å². The van der Waals surface area contributed by atoms with Gasteiger partial charge in [-0.1, -0.05) is 48.5 Å². The number of nitrogen functional groups attached to an aromatic ring is 1. The third-order valence-corrected chi connectivity index (χ3v) is 4.49. The van der Waals surface area contributed by atoms with Crippen LogP contribution in [0.1, 0.15) is 5.69 Å². The van der Waals surface area contributed by atoms with Crippen molar-refractivity contribution in [3.05, 3.63) is 90.6 Å². The second-order valence-corrected chi connectivity index (χ2v) is 6.28. The maximum atomic E-state index is 6.50. The van der Waals surface area contributed by atoms with Gasteiger partial charge in [0, 0.05) is 0 Å². The summed E-state index contributed by atoms with van der Waals surface area (Å²) in [7, 11) is 1.64. The number of ether oxygens (including phenoxy) is 2. The molecule has 0 aliphatic heterocycles. The van der Waals surface area contributed by atoms with Crippen molar-refractivity contribution in [2.75, 3.05) is 12.8 Å². The molecular weight excluding hydrogens is 350 g/mol. The number of anilines is 1. The van der Waals surface area contributed by atoms with Crippen LogP contribution in [0.15, 0.2) is 84.9 Å². The summed E-state index contributed by atoms with van der Waals surface area (Å²) < 4.78 is 12.9. The van der Waals surface area contributed by atoms with Gasteiger partial charge in [0.1, 0.15) is 29.6 Å². The monoisotopic (exact) mass is 371 g/mol. The topological polar surface area (TPSA) is 62.3 Å². The van der Waals surface area contributed by atoms with Crippen LogP contribution in [-0.2, 0) is 6.61 Å². The van der Waals surface area contributed by atoms with E-state index in [1.807, 2.05) is 84.9 Å². The molecular formula is C23H21N3O2. The number of hydrogen-bond acceptors (Lipinski definition) is 4. The van der Waals surface area contributed by atoms with Crippen LogP contribution in [0.25, 0.3) is 16.8 Å². The van der Waals surface area contributed by atoms with Crippen molar-refractivity contribution in [2.24, 2.45) is 0 Å². The number of aromatic nitrogens is 2. The lowest BCUT2D eigenvalue weighted by Gasteiger charge is -2.07. The van der Waals surface area contributed by atoms with Crippen molar-refractivity contribution < 1.29 is 9.47 Å². The summed E-state index contributed by atoms with van der Waals surface area (Å²) in [4.78, 5) is 0. The summed E-state index contributed by atoms with van der Waals surface area (Å²) in [6.45, 7) is 0.306. The van der Waals surface area contributed by atoms with E-state index in [-0.39, 0.29) is 0 Å². The van der Waals surface area contributed by atoms with Crippen molar-refractivity contribution in [2.45, 2.75) is 6.61 Å². The Balaban J connectivity index is 1.70. The molecule has 0 saturated heterocycles. The fourth-order valence-electron chi connectivity index (χ4n) is 3.09. The molecule has 1 aromatic heterocycles. The van der Waals surface area contributed by atoms with Crippen LogP contribution in [0.3, 0.4) is 0 Å². The average molecular weight is 371 g/mol. The number of nitrogens with zero attached hydrogens (tertiary/aromatic N) is 2. The van der Waals surface area contributed by atoms with Gasteiger partial charge in [0.05, 0.1) is 18.4 Å². The molecule has 140 valence electrons. The number of benzene rings is 3. The number of para-hydroxylation sites is 1. The zero-order valence-electron chi connectivity index (χ0n) is 15.6. The van der Waals surface area contributed by atoms with Gasteiger partial charge in [-0.05, 0) is 42.0 Å². The zero-order chi connectivity index (χ0) is 19.3. The molecule has 0 bridgehead atoms. The van der Waals surface area contributed by atoms with E-state index >= 15 is 0 Å². The van der Waals surface area contributed by atoms with Crippen molar-refractivity contribution in [1.29, 1.82) is 0 Å². The molecule has 1 heterocycles. The van der Waals surface area contributed by atoms with Gasteiger partial charge in [-0.3, -0.25) is 0 Å². The lowest BCUT2D eigenvalue weighted by atomic mass is 10.1. The molecule has 0 unspecified atom stereocenters. The first kappa shape index (κ1) is 17.7. The van der Waals surface area contributed by atoms with E-state index in [0.717, 1.165) is 34.0 Å². The van der Waals surface area contributed by atoms with Gasteiger partial charge in [-0.2, -0.15) is 5.10 Å². The minimum absolute atomic E-state index is 0.306. The Kier molecular flexibility index (Phi) is 4.97. The van der Waals surface area contributed by atoms with Gasteiger partial charge >= 0.3 is 0 Å². The Labute approximate surface area is 164 Å². The minimum Gasteiger partial charge on any atom is -0.497 e. The molecule has 4 aromatic rings. The molecule has 0 aliphatic carbocycles. The van der Waals surface area contributed by atoms with Gasteiger partial charge in [-0.15, -0.1) is 0 Å². The standard InChI is InChI=1S/C23H21N3O2/c1-27-19-12-14-20(15-13-19)28-16-21-22(17-8-4-2-5-9-17)23(24)26(25-21)18-10-6-3-7-11-18/h2-15H,16,24H2,1H3. The molecule has 0 amide bonds. The van der Waals surface area contributed by atoms with Gasteiger partial charge in [0.25, 0.3) is 0 Å². The summed E-state index contributed by atoms with van der Waals surface area (Å²) in [6, 6.07) is 27.3. The largest absolute Gasteiger partial charge is 0.497 e. The van der Waals surface area contributed by atoms with Crippen LogP contribution >= 0.6 is 0 Å². The lowest BCUT2D eigenvalue weighted by Crippen LogP contribution is -2.02. The summed E-state index contributed by atoms with van der Waals surface area (Å²) in [5.74, 6) is 2.12. The van der Waals surface area contributed by atoms with E-state index in [2.05, 4.69) is 0 Å². The summed E-state index contributed by atoms with van der Waals surface area (Å²) in [5.41, 5.74) is 10.1. The Morgan fingerprint density at radius 3 is 2.07 bits per heavy atom. The van der Waals surface area contributed by atoms with Crippen molar-refractivity contribution >= 4 is 5.82 Å². The third kappa shape index (κ3) is 3.55. The second-order valence-electron chi connectivity index (χ2n) is 6.28.